The second kappa shape index (κ2) is 7.26. The first-order chi connectivity index (χ1) is 9.20. The van der Waals surface area contributed by atoms with E-state index in [1.54, 1.807) is 11.3 Å². The number of aryl methyl sites for hydroxylation is 1. The molecule has 0 nitrogen and oxygen atoms in total. The number of alkyl halides is 2. The van der Waals surface area contributed by atoms with Crippen molar-refractivity contribution in [3.05, 3.63) is 57.2 Å². The van der Waals surface area contributed by atoms with Gasteiger partial charge in [0.15, 0.2) is 0 Å². The molecule has 102 valence electrons. The third kappa shape index (κ3) is 3.84. The maximum atomic E-state index is 6.14. The summed E-state index contributed by atoms with van der Waals surface area (Å²) < 4.78 is 0. The summed E-state index contributed by atoms with van der Waals surface area (Å²) in [5, 5.41) is 7.02. The lowest BCUT2D eigenvalue weighted by atomic mass is 9.80. The van der Waals surface area contributed by atoms with Crippen LogP contribution in [-0.2, 0) is 11.8 Å². The number of halogens is 3. The maximum Gasteiger partial charge on any atom is 0.0408 e. The van der Waals surface area contributed by atoms with E-state index in [4.69, 9.17) is 11.6 Å². The topological polar surface area (TPSA) is 0 Å². The molecule has 2 aromatic rings. The van der Waals surface area contributed by atoms with Gasteiger partial charge in [-0.2, -0.15) is 11.3 Å². The Morgan fingerprint density at radius 1 is 1.16 bits per heavy atom. The van der Waals surface area contributed by atoms with Crippen molar-refractivity contribution in [1.82, 2.24) is 0 Å². The van der Waals surface area contributed by atoms with E-state index in [0.717, 1.165) is 28.5 Å². The van der Waals surface area contributed by atoms with Crippen molar-refractivity contribution in [2.45, 2.75) is 18.3 Å². The molecule has 0 spiro atoms. The van der Waals surface area contributed by atoms with Crippen LogP contribution in [0.1, 0.15) is 17.5 Å². The fourth-order valence-electron chi connectivity index (χ4n) is 2.10. The van der Waals surface area contributed by atoms with Crippen molar-refractivity contribution in [1.29, 1.82) is 0 Å². The van der Waals surface area contributed by atoms with Gasteiger partial charge in [0.1, 0.15) is 0 Å². The Labute approximate surface area is 140 Å². The minimum Gasteiger partial charge on any atom is -0.152 e. The van der Waals surface area contributed by atoms with Gasteiger partial charge < -0.3 is 0 Å². The third-order valence-electron chi connectivity index (χ3n) is 3.42. The highest BCUT2D eigenvalue weighted by Gasteiger charge is 2.30. The zero-order valence-electron chi connectivity index (χ0n) is 10.4. The highest BCUT2D eigenvalue weighted by Crippen LogP contribution is 2.35. The first-order valence-corrected chi connectivity index (χ1v) is 9.65. The molecule has 0 saturated carbocycles. The molecule has 0 aliphatic rings. The lowest BCUT2D eigenvalue weighted by molar-refractivity contribution is 0.505. The summed E-state index contributed by atoms with van der Waals surface area (Å²) in [6.45, 7) is 0. The van der Waals surface area contributed by atoms with Gasteiger partial charge in [-0.3, -0.25) is 0 Å². The predicted octanol–water partition coefficient (Wildman–Crippen LogP) is 6.06. The molecule has 0 N–H and O–H groups in total. The summed E-state index contributed by atoms with van der Waals surface area (Å²) in [7, 11) is 0. The molecule has 0 atom stereocenters. The second-order valence-corrected chi connectivity index (χ2v) is 7.03. The summed E-state index contributed by atoms with van der Waals surface area (Å²) in [4.78, 5) is 0. The van der Waals surface area contributed by atoms with Crippen LogP contribution in [0.4, 0.5) is 0 Å². The van der Waals surface area contributed by atoms with Crippen LogP contribution in [0.3, 0.4) is 0 Å². The number of thiophene rings is 1. The largest absolute Gasteiger partial charge is 0.152 e. The minimum absolute atomic E-state index is 0.0901. The van der Waals surface area contributed by atoms with Gasteiger partial charge in [-0.05, 0) is 52.9 Å². The normalized spacial score (nSPS) is 11.7. The summed E-state index contributed by atoms with van der Waals surface area (Å²) in [5.74, 6) is 0. The molecule has 19 heavy (non-hydrogen) atoms. The van der Waals surface area contributed by atoms with Crippen molar-refractivity contribution in [3.8, 4) is 0 Å². The SMILES string of the molecule is Clc1cccc(C(CBr)(CBr)CCc2ccsc2)c1. The van der Waals surface area contributed by atoms with Gasteiger partial charge in [0.05, 0.1) is 0 Å². The highest BCUT2D eigenvalue weighted by atomic mass is 79.9. The Morgan fingerprint density at radius 2 is 1.95 bits per heavy atom. The first kappa shape index (κ1) is 15.6. The molecule has 0 saturated heterocycles. The Balaban J connectivity index is 2.21. The zero-order valence-corrected chi connectivity index (χ0v) is 15.2. The van der Waals surface area contributed by atoms with Crippen molar-refractivity contribution in [3.63, 3.8) is 0 Å². The minimum atomic E-state index is 0.0901. The number of benzene rings is 1. The fourth-order valence-corrected chi connectivity index (χ4v) is 5.14. The van der Waals surface area contributed by atoms with Crippen molar-refractivity contribution >= 4 is 54.8 Å². The van der Waals surface area contributed by atoms with Crippen LogP contribution in [-0.4, -0.2) is 10.7 Å². The summed E-state index contributed by atoms with van der Waals surface area (Å²) in [6, 6.07) is 10.4. The van der Waals surface area contributed by atoms with Gasteiger partial charge in [0.2, 0.25) is 0 Å². The van der Waals surface area contributed by atoms with E-state index >= 15 is 0 Å². The van der Waals surface area contributed by atoms with Gasteiger partial charge in [0.25, 0.3) is 0 Å². The van der Waals surface area contributed by atoms with Gasteiger partial charge in [-0.25, -0.2) is 0 Å². The highest BCUT2D eigenvalue weighted by molar-refractivity contribution is 9.09. The molecule has 1 aromatic heterocycles. The Bertz CT molecular complexity index is 507. The molecule has 0 radical (unpaired) electrons. The number of rotatable bonds is 6. The molecular weight excluding hydrogens is 407 g/mol. The van der Waals surface area contributed by atoms with Crippen molar-refractivity contribution < 1.29 is 0 Å². The molecule has 0 aliphatic heterocycles. The summed E-state index contributed by atoms with van der Waals surface area (Å²) in [5.41, 5.74) is 2.80. The van der Waals surface area contributed by atoms with Crippen LogP contribution in [0.25, 0.3) is 0 Å². The molecule has 4 heteroatoms. The Morgan fingerprint density at radius 3 is 2.53 bits per heavy atom. The van der Waals surface area contributed by atoms with Crippen LogP contribution in [0.15, 0.2) is 41.1 Å². The maximum absolute atomic E-state index is 6.14. The Hall–Kier alpha value is 0.170. The number of hydrogen-bond donors (Lipinski definition) is 0. The summed E-state index contributed by atoms with van der Waals surface area (Å²) >= 11 is 15.3. The quantitative estimate of drug-likeness (QED) is 0.496. The Kier molecular flexibility index (Phi) is 5.94. The van der Waals surface area contributed by atoms with Crippen molar-refractivity contribution in [2.24, 2.45) is 0 Å². The van der Waals surface area contributed by atoms with E-state index in [9.17, 15) is 0 Å². The third-order valence-corrected chi connectivity index (χ3v) is 6.53. The van der Waals surface area contributed by atoms with Crippen LogP contribution in [0.5, 0.6) is 0 Å². The van der Waals surface area contributed by atoms with E-state index in [1.165, 1.54) is 11.1 Å². The van der Waals surface area contributed by atoms with E-state index < -0.39 is 0 Å². The molecule has 1 heterocycles. The standard InChI is InChI=1S/C15H15Br2ClS/c16-10-15(11-17,6-4-12-5-7-19-9-12)13-2-1-3-14(18)8-13/h1-3,5,7-9H,4,6,10-11H2. The second-order valence-electron chi connectivity index (χ2n) is 4.69. The van der Waals surface area contributed by atoms with Gasteiger partial charge in [0, 0.05) is 21.1 Å². The van der Waals surface area contributed by atoms with Crippen LogP contribution >= 0.6 is 54.8 Å². The monoisotopic (exact) mass is 420 g/mol. The molecule has 0 amide bonds. The number of hydrogen-bond acceptors (Lipinski definition) is 1. The predicted molar refractivity (Wildman–Crippen MR) is 93.4 cm³/mol. The molecule has 0 fully saturated rings. The van der Waals surface area contributed by atoms with Crippen LogP contribution < -0.4 is 0 Å². The first-order valence-electron chi connectivity index (χ1n) is 6.09. The average Bonchev–Trinajstić information content (AvgIpc) is 2.94. The fraction of sp³-hybridized carbons (Fsp3) is 0.333. The van der Waals surface area contributed by atoms with E-state index in [1.807, 2.05) is 12.1 Å². The average molecular weight is 423 g/mol. The molecule has 1 aromatic carbocycles. The molecule has 2 rings (SSSR count). The molecular formula is C15H15Br2ClS. The van der Waals surface area contributed by atoms with Crippen LogP contribution in [0, 0.1) is 0 Å². The lowest BCUT2D eigenvalue weighted by Crippen LogP contribution is -2.30. The van der Waals surface area contributed by atoms with E-state index in [-0.39, 0.29) is 5.41 Å². The smallest absolute Gasteiger partial charge is 0.0408 e. The van der Waals surface area contributed by atoms with Gasteiger partial charge >= 0.3 is 0 Å². The van der Waals surface area contributed by atoms with E-state index in [0.29, 0.717) is 0 Å². The molecule has 0 unspecified atom stereocenters. The summed E-state index contributed by atoms with van der Waals surface area (Å²) in [6.07, 6.45) is 2.19. The lowest BCUT2D eigenvalue weighted by Gasteiger charge is -2.31. The zero-order chi connectivity index (χ0) is 13.7. The van der Waals surface area contributed by atoms with E-state index in [2.05, 4.69) is 60.8 Å². The van der Waals surface area contributed by atoms with Gasteiger partial charge in [-0.15, -0.1) is 0 Å². The molecule has 0 bridgehead atoms. The van der Waals surface area contributed by atoms with Gasteiger partial charge in [-0.1, -0.05) is 55.6 Å². The van der Waals surface area contributed by atoms with Crippen LogP contribution in [0.2, 0.25) is 5.02 Å². The molecule has 0 aliphatic carbocycles. The van der Waals surface area contributed by atoms with Crippen molar-refractivity contribution in [2.75, 3.05) is 10.7 Å².